The third kappa shape index (κ3) is 2.21. The molecule has 3 aromatic rings. The van der Waals surface area contributed by atoms with Gasteiger partial charge < -0.3 is 5.32 Å². The van der Waals surface area contributed by atoms with Crippen LogP contribution in [0.2, 0.25) is 0 Å². The lowest BCUT2D eigenvalue weighted by atomic mass is 9.94. The van der Waals surface area contributed by atoms with Crippen LogP contribution < -0.4 is 5.32 Å². The molecule has 0 aliphatic rings. The van der Waals surface area contributed by atoms with Crippen molar-refractivity contribution in [2.45, 2.75) is 19.9 Å². The van der Waals surface area contributed by atoms with Crippen molar-refractivity contribution in [1.29, 1.82) is 0 Å². The van der Waals surface area contributed by atoms with Crippen molar-refractivity contribution in [3.63, 3.8) is 0 Å². The highest BCUT2D eigenvalue weighted by Crippen LogP contribution is 2.31. The number of hydrogen-bond donors (Lipinski definition) is 1. The summed E-state index contributed by atoms with van der Waals surface area (Å²) >= 11 is 0. The van der Waals surface area contributed by atoms with Gasteiger partial charge >= 0.3 is 0 Å². The Morgan fingerprint density at radius 2 is 1.90 bits per heavy atom. The first-order chi connectivity index (χ1) is 10.1. The van der Waals surface area contributed by atoms with Crippen LogP contribution in [0.1, 0.15) is 28.6 Å². The second-order valence-corrected chi connectivity index (χ2v) is 5.38. The summed E-state index contributed by atoms with van der Waals surface area (Å²) in [6, 6.07) is 8.46. The Bertz CT molecular complexity index is 783. The van der Waals surface area contributed by atoms with Crippen LogP contribution in [0.15, 0.2) is 36.7 Å². The van der Waals surface area contributed by atoms with E-state index in [1.807, 2.05) is 37.2 Å². The maximum atomic E-state index is 4.54. The van der Waals surface area contributed by atoms with Gasteiger partial charge in [-0.25, -0.2) is 0 Å². The van der Waals surface area contributed by atoms with Crippen molar-refractivity contribution in [2.24, 2.45) is 7.05 Å². The zero-order valence-electron chi connectivity index (χ0n) is 12.9. The molecule has 0 fully saturated rings. The highest BCUT2D eigenvalue weighted by molar-refractivity contribution is 5.85. The van der Waals surface area contributed by atoms with Gasteiger partial charge in [-0.2, -0.15) is 5.10 Å². The van der Waals surface area contributed by atoms with E-state index in [9.17, 15) is 0 Å². The first kappa shape index (κ1) is 13.8. The summed E-state index contributed by atoms with van der Waals surface area (Å²) < 4.78 is 1.94. The standard InChI is InChI=1S/C17H20N4/c1-11-16(12(2)21(4)20-11)17(18-3)15-10-19-9-13-7-5-6-8-14(13)15/h5-10,17-18H,1-4H3. The van der Waals surface area contributed by atoms with E-state index in [-0.39, 0.29) is 6.04 Å². The van der Waals surface area contributed by atoms with E-state index in [0.717, 1.165) is 11.1 Å². The Morgan fingerprint density at radius 3 is 2.57 bits per heavy atom. The second kappa shape index (κ2) is 5.30. The maximum Gasteiger partial charge on any atom is 0.0647 e. The number of benzene rings is 1. The Labute approximate surface area is 124 Å². The van der Waals surface area contributed by atoms with Crippen molar-refractivity contribution in [3.8, 4) is 0 Å². The predicted molar refractivity (Wildman–Crippen MR) is 85.3 cm³/mol. The lowest BCUT2D eigenvalue weighted by Crippen LogP contribution is -2.19. The summed E-state index contributed by atoms with van der Waals surface area (Å²) in [5.74, 6) is 0. The van der Waals surface area contributed by atoms with Crippen LogP contribution in [0.3, 0.4) is 0 Å². The SMILES string of the molecule is CNC(c1c(C)nn(C)c1C)c1cncc2ccccc12. The Morgan fingerprint density at radius 1 is 1.14 bits per heavy atom. The molecule has 0 spiro atoms. The third-order valence-electron chi connectivity index (χ3n) is 4.15. The van der Waals surface area contributed by atoms with Crippen LogP contribution in [0.4, 0.5) is 0 Å². The molecule has 0 aliphatic carbocycles. The molecular formula is C17H20N4. The van der Waals surface area contributed by atoms with E-state index in [1.165, 1.54) is 22.2 Å². The molecule has 0 aliphatic heterocycles. The van der Waals surface area contributed by atoms with Crippen LogP contribution >= 0.6 is 0 Å². The Hall–Kier alpha value is -2.20. The molecule has 4 nitrogen and oxygen atoms in total. The van der Waals surface area contributed by atoms with Gasteiger partial charge in [-0.1, -0.05) is 24.3 Å². The molecule has 3 rings (SSSR count). The number of hydrogen-bond acceptors (Lipinski definition) is 3. The van der Waals surface area contributed by atoms with Crippen molar-refractivity contribution in [3.05, 3.63) is 59.2 Å². The monoisotopic (exact) mass is 280 g/mol. The molecule has 2 aromatic heterocycles. The predicted octanol–water partition coefficient (Wildman–Crippen LogP) is 2.89. The van der Waals surface area contributed by atoms with Gasteiger partial charge in [0.05, 0.1) is 11.7 Å². The van der Waals surface area contributed by atoms with Crippen molar-refractivity contribution in [1.82, 2.24) is 20.1 Å². The van der Waals surface area contributed by atoms with Crippen molar-refractivity contribution in [2.75, 3.05) is 7.05 Å². The zero-order chi connectivity index (χ0) is 15.0. The number of pyridine rings is 1. The number of nitrogens with zero attached hydrogens (tertiary/aromatic N) is 3. The largest absolute Gasteiger partial charge is 0.309 e. The summed E-state index contributed by atoms with van der Waals surface area (Å²) in [6.45, 7) is 4.17. The van der Waals surface area contributed by atoms with Gasteiger partial charge in [0.15, 0.2) is 0 Å². The highest BCUT2D eigenvalue weighted by Gasteiger charge is 2.22. The molecule has 108 valence electrons. The summed E-state index contributed by atoms with van der Waals surface area (Å²) in [6.07, 6.45) is 3.86. The number of aromatic nitrogens is 3. The van der Waals surface area contributed by atoms with Gasteiger partial charge in [0, 0.05) is 36.1 Å². The van der Waals surface area contributed by atoms with Crippen molar-refractivity contribution >= 4 is 10.8 Å². The number of nitrogens with one attached hydrogen (secondary N) is 1. The van der Waals surface area contributed by atoms with Crippen LogP contribution in [-0.2, 0) is 7.05 Å². The van der Waals surface area contributed by atoms with Gasteiger partial charge in [0.25, 0.3) is 0 Å². The highest BCUT2D eigenvalue weighted by atomic mass is 15.3. The molecule has 1 unspecified atom stereocenters. The minimum atomic E-state index is 0.0947. The summed E-state index contributed by atoms with van der Waals surface area (Å²) in [5.41, 5.74) is 4.66. The number of fused-ring (bicyclic) bond motifs is 1. The molecule has 0 saturated heterocycles. The fourth-order valence-corrected chi connectivity index (χ4v) is 3.03. The van der Waals surface area contributed by atoms with E-state index in [2.05, 4.69) is 47.4 Å². The Balaban J connectivity index is 2.23. The summed E-state index contributed by atoms with van der Waals surface area (Å²) in [4.78, 5) is 4.41. The lowest BCUT2D eigenvalue weighted by Gasteiger charge is -2.19. The molecule has 1 N–H and O–H groups in total. The van der Waals surface area contributed by atoms with Crippen LogP contribution in [0, 0.1) is 13.8 Å². The van der Waals surface area contributed by atoms with E-state index >= 15 is 0 Å². The quantitative estimate of drug-likeness (QED) is 0.802. The molecule has 21 heavy (non-hydrogen) atoms. The first-order valence-corrected chi connectivity index (χ1v) is 7.13. The Kier molecular flexibility index (Phi) is 3.47. The van der Waals surface area contributed by atoms with Crippen molar-refractivity contribution < 1.29 is 0 Å². The molecule has 0 radical (unpaired) electrons. The molecule has 1 aromatic carbocycles. The van der Waals surface area contributed by atoms with Crippen LogP contribution in [-0.4, -0.2) is 21.8 Å². The summed E-state index contributed by atoms with van der Waals surface area (Å²) in [7, 11) is 3.97. The summed E-state index contributed by atoms with van der Waals surface area (Å²) in [5, 5.41) is 10.4. The average Bonchev–Trinajstić information content (AvgIpc) is 2.75. The normalized spacial score (nSPS) is 12.8. The van der Waals surface area contributed by atoms with E-state index in [0.29, 0.717) is 0 Å². The first-order valence-electron chi connectivity index (χ1n) is 7.13. The number of aryl methyl sites for hydroxylation is 2. The molecular weight excluding hydrogens is 260 g/mol. The molecule has 0 saturated carbocycles. The zero-order valence-corrected chi connectivity index (χ0v) is 12.9. The average molecular weight is 280 g/mol. The minimum Gasteiger partial charge on any atom is -0.309 e. The molecule has 2 heterocycles. The number of rotatable bonds is 3. The van der Waals surface area contributed by atoms with Gasteiger partial charge in [-0.15, -0.1) is 0 Å². The topological polar surface area (TPSA) is 42.7 Å². The molecule has 0 bridgehead atoms. The molecule has 0 amide bonds. The third-order valence-corrected chi connectivity index (χ3v) is 4.15. The molecule has 4 heteroatoms. The maximum absolute atomic E-state index is 4.54. The molecule has 1 atom stereocenters. The fourth-order valence-electron chi connectivity index (χ4n) is 3.03. The van der Waals surface area contributed by atoms with E-state index in [1.54, 1.807) is 0 Å². The van der Waals surface area contributed by atoms with Gasteiger partial charge in [-0.3, -0.25) is 9.67 Å². The van der Waals surface area contributed by atoms with E-state index < -0.39 is 0 Å². The second-order valence-electron chi connectivity index (χ2n) is 5.38. The minimum absolute atomic E-state index is 0.0947. The lowest BCUT2D eigenvalue weighted by molar-refractivity contribution is 0.680. The van der Waals surface area contributed by atoms with Crippen LogP contribution in [0.5, 0.6) is 0 Å². The van der Waals surface area contributed by atoms with Crippen LogP contribution in [0.25, 0.3) is 10.8 Å². The van der Waals surface area contributed by atoms with E-state index in [4.69, 9.17) is 0 Å². The van der Waals surface area contributed by atoms with Gasteiger partial charge in [0.1, 0.15) is 0 Å². The van der Waals surface area contributed by atoms with Gasteiger partial charge in [0.2, 0.25) is 0 Å². The van der Waals surface area contributed by atoms with Gasteiger partial charge in [-0.05, 0) is 31.8 Å². The smallest absolute Gasteiger partial charge is 0.0647 e. The fraction of sp³-hybridized carbons (Fsp3) is 0.294.